The van der Waals surface area contributed by atoms with Gasteiger partial charge in [-0.05, 0) is 43.2 Å². The first-order chi connectivity index (χ1) is 13.5. The van der Waals surface area contributed by atoms with E-state index in [0.29, 0.717) is 17.3 Å². The normalized spacial score (nSPS) is 12.0. The van der Waals surface area contributed by atoms with Crippen molar-refractivity contribution >= 4 is 38.5 Å². The van der Waals surface area contributed by atoms with Crippen molar-refractivity contribution in [3.8, 4) is 5.75 Å². The average molecular weight is 398 g/mol. The highest BCUT2D eigenvalue weighted by Crippen LogP contribution is 2.29. The molecular formula is C21H23N3O3S. The Kier molecular flexibility index (Phi) is 6.26. The van der Waals surface area contributed by atoms with Crippen LogP contribution in [0.2, 0.25) is 0 Å². The number of hydrogen-bond acceptors (Lipinski definition) is 5. The lowest BCUT2D eigenvalue weighted by atomic mass is 10.0. The van der Waals surface area contributed by atoms with Gasteiger partial charge >= 0.3 is 0 Å². The van der Waals surface area contributed by atoms with Crippen molar-refractivity contribution in [2.24, 2.45) is 5.92 Å². The molecule has 2 amide bonds. The van der Waals surface area contributed by atoms with Crippen LogP contribution < -0.4 is 15.4 Å². The summed E-state index contributed by atoms with van der Waals surface area (Å²) < 4.78 is 6.43. The van der Waals surface area contributed by atoms with Gasteiger partial charge in [-0.1, -0.05) is 43.4 Å². The van der Waals surface area contributed by atoms with Gasteiger partial charge in [-0.2, -0.15) is 0 Å². The minimum Gasteiger partial charge on any atom is -0.494 e. The van der Waals surface area contributed by atoms with Crippen molar-refractivity contribution in [3.63, 3.8) is 0 Å². The van der Waals surface area contributed by atoms with Gasteiger partial charge in [-0.3, -0.25) is 9.59 Å². The molecule has 1 heterocycles. The fourth-order valence-electron chi connectivity index (χ4n) is 2.75. The Morgan fingerprint density at radius 1 is 1.14 bits per heavy atom. The zero-order valence-electron chi connectivity index (χ0n) is 16.1. The van der Waals surface area contributed by atoms with Crippen molar-refractivity contribution < 1.29 is 14.3 Å². The molecule has 146 valence electrons. The van der Waals surface area contributed by atoms with E-state index < -0.39 is 6.04 Å². The van der Waals surface area contributed by atoms with Gasteiger partial charge in [0.05, 0.1) is 16.8 Å². The molecule has 0 aliphatic heterocycles. The van der Waals surface area contributed by atoms with Crippen LogP contribution in [0.1, 0.15) is 31.1 Å². The van der Waals surface area contributed by atoms with Crippen molar-refractivity contribution in [1.29, 1.82) is 0 Å². The van der Waals surface area contributed by atoms with E-state index >= 15 is 0 Å². The Labute approximate surface area is 167 Å². The number of nitrogens with one attached hydrogen (secondary N) is 2. The first-order valence-electron chi connectivity index (χ1n) is 9.18. The van der Waals surface area contributed by atoms with Gasteiger partial charge in [0, 0.05) is 5.56 Å². The molecule has 2 aromatic carbocycles. The van der Waals surface area contributed by atoms with Crippen molar-refractivity contribution in [3.05, 3.63) is 54.1 Å². The quantitative estimate of drug-likeness (QED) is 0.629. The van der Waals surface area contributed by atoms with Crippen LogP contribution in [-0.2, 0) is 4.79 Å². The number of fused-ring (bicyclic) bond motifs is 1. The molecule has 28 heavy (non-hydrogen) atoms. The maximum Gasteiger partial charge on any atom is 0.251 e. The number of carbonyl (C=O) groups is 2. The third kappa shape index (κ3) is 4.67. The van der Waals surface area contributed by atoms with Crippen LogP contribution >= 0.6 is 11.3 Å². The second kappa shape index (κ2) is 8.84. The Morgan fingerprint density at radius 2 is 1.89 bits per heavy atom. The van der Waals surface area contributed by atoms with Crippen LogP contribution in [0.4, 0.5) is 5.13 Å². The van der Waals surface area contributed by atoms with E-state index in [9.17, 15) is 9.59 Å². The van der Waals surface area contributed by atoms with Crippen molar-refractivity contribution in [1.82, 2.24) is 10.3 Å². The third-order valence-electron chi connectivity index (χ3n) is 4.17. The summed E-state index contributed by atoms with van der Waals surface area (Å²) in [6, 6.07) is 13.8. The fraction of sp³-hybridized carbons (Fsp3) is 0.286. The van der Waals surface area contributed by atoms with Gasteiger partial charge in [-0.25, -0.2) is 4.98 Å². The van der Waals surface area contributed by atoms with Crippen LogP contribution in [0.5, 0.6) is 5.75 Å². The molecular weight excluding hydrogens is 374 g/mol. The average Bonchev–Trinajstić information content (AvgIpc) is 3.08. The summed E-state index contributed by atoms with van der Waals surface area (Å²) in [4.78, 5) is 29.7. The zero-order chi connectivity index (χ0) is 20.1. The topological polar surface area (TPSA) is 80.3 Å². The van der Waals surface area contributed by atoms with Gasteiger partial charge in [0.25, 0.3) is 5.91 Å². The van der Waals surface area contributed by atoms with Crippen molar-refractivity contribution in [2.75, 3.05) is 11.9 Å². The largest absolute Gasteiger partial charge is 0.494 e. The standard InChI is InChI=1S/C21H23N3O3S/c1-4-27-15-10-11-16-17(12-15)28-21(22-16)24-20(26)18(13(2)3)23-19(25)14-8-6-5-7-9-14/h5-13,18H,4H2,1-3H3,(H,23,25)(H,22,24,26). The summed E-state index contributed by atoms with van der Waals surface area (Å²) >= 11 is 1.37. The van der Waals surface area contributed by atoms with E-state index in [-0.39, 0.29) is 17.7 Å². The van der Waals surface area contributed by atoms with E-state index in [0.717, 1.165) is 16.0 Å². The number of nitrogens with zero attached hydrogens (tertiary/aromatic N) is 1. The van der Waals surface area contributed by atoms with E-state index in [4.69, 9.17) is 4.74 Å². The number of carbonyl (C=O) groups excluding carboxylic acids is 2. The Hall–Kier alpha value is -2.93. The lowest BCUT2D eigenvalue weighted by molar-refractivity contribution is -0.118. The lowest BCUT2D eigenvalue weighted by Gasteiger charge is -2.21. The predicted molar refractivity (Wildman–Crippen MR) is 112 cm³/mol. The molecule has 1 unspecified atom stereocenters. The molecule has 6 nitrogen and oxygen atoms in total. The SMILES string of the molecule is CCOc1ccc2nc(NC(=O)C(NC(=O)c3ccccc3)C(C)C)sc2c1. The maximum atomic E-state index is 12.8. The highest BCUT2D eigenvalue weighted by Gasteiger charge is 2.25. The molecule has 1 atom stereocenters. The van der Waals surface area contributed by atoms with Gasteiger partial charge in [0.2, 0.25) is 5.91 Å². The van der Waals surface area contributed by atoms with Gasteiger partial charge in [0.1, 0.15) is 11.8 Å². The fourth-order valence-corrected chi connectivity index (χ4v) is 3.64. The molecule has 0 saturated heterocycles. The highest BCUT2D eigenvalue weighted by molar-refractivity contribution is 7.22. The number of ether oxygens (including phenoxy) is 1. The summed E-state index contributed by atoms with van der Waals surface area (Å²) in [6.07, 6.45) is 0. The van der Waals surface area contributed by atoms with Crippen molar-refractivity contribution in [2.45, 2.75) is 26.8 Å². The van der Waals surface area contributed by atoms with Crippen LogP contribution in [0, 0.1) is 5.92 Å². The van der Waals surface area contributed by atoms with Gasteiger partial charge in [-0.15, -0.1) is 0 Å². The number of amides is 2. The van der Waals surface area contributed by atoms with Crippen LogP contribution in [-0.4, -0.2) is 29.4 Å². The highest BCUT2D eigenvalue weighted by atomic mass is 32.1. The first-order valence-corrected chi connectivity index (χ1v) is 9.99. The molecule has 0 aliphatic rings. The summed E-state index contributed by atoms with van der Waals surface area (Å²) in [5.41, 5.74) is 1.31. The molecule has 0 aliphatic carbocycles. The second-order valence-corrected chi connectivity index (χ2v) is 7.66. The molecule has 2 N–H and O–H groups in total. The van der Waals surface area contributed by atoms with Crippen LogP contribution in [0.3, 0.4) is 0 Å². The second-order valence-electron chi connectivity index (χ2n) is 6.63. The summed E-state index contributed by atoms with van der Waals surface area (Å²) in [5, 5.41) is 6.15. The maximum absolute atomic E-state index is 12.8. The molecule has 0 saturated carbocycles. The molecule has 3 rings (SSSR count). The van der Waals surface area contributed by atoms with E-state index in [1.807, 2.05) is 45.0 Å². The Morgan fingerprint density at radius 3 is 2.57 bits per heavy atom. The smallest absolute Gasteiger partial charge is 0.251 e. The number of hydrogen-bond donors (Lipinski definition) is 2. The summed E-state index contributed by atoms with van der Waals surface area (Å²) in [5.74, 6) is 0.127. The van der Waals surface area contributed by atoms with Gasteiger partial charge in [0.15, 0.2) is 5.13 Å². The summed E-state index contributed by atoms with van der Waals surface area (Å²) in [6.45, 7) is 6.30. The number of aromatic nitrogens is 1. The Bertz CT molecular complexity index is 969. The van der Waals surface area contributed by atoms with Crippen LogP contribution in [0.25, 0.3) is 10.2 Å². The molecule has 0 spiro atoms. The number of thiazole rings is 1. The monoisotopic (exact) mass is 397 g/mol. The van der Waals surface area contributed by atoms with Gasteiger partial charge < -0.3 is 15.4 Å². The van der Waals surface area contributed by atoms with E-state index in [1.54, 1.807) is 24.3 Å². The number of benzene rings is 2. The van der Waals surface area contributed by atoms with E-state index in [1.165, 1.54) is 11.3 Å². The molecule has 0 bridgehead atoms. The van der Waals surface area contributed by atoms with Crippen LogP contribution in [0.15, 0.2) is 48.5 Å². The predicted octanol–water partition coefficient (Wildman–Crippen LogP) is 4.09. The summed E-state index contributed by atoms with van der Waals surface area (Å²) in [7, 11) is 0. The molecule has 3 aromatic rings. The van der Waals surface area contributed by atoms with E-state index in [2.05, 4.69) is 15.6 Å². The molecule has 7 heteroatoms. The third-order valence-corrected chi connectivity index (χ3v) is 5.11. The Balaban J connectivity index is 1.73. The molecule has 1 aromatic heterocycles. The molecule has 0 fully saturated rings. The molecule has 0 radical (unpaired) electrons. The lowest BCUT2D eigenvalue weighted by Crippen LogP contribution is -2.47. The number of anilines is 1. The minimum atomic E-state index is -0.668. The zero-order valence-corrected chi connectivity index (χ0v) is 16.9. The number of rotatable bonds is 7. The minimum absolute atomic E-state index is 0.0772. The first kappa shape index (κ1) is 19.8.